The molecule has 0 aromatic carbocycles. The number of unbranched alkanes of at least 4 members (excludes halogenated alkanes) is 2. The van der Waals surface area contributed by atoms with Gasteiger partial charge in [0.05, 0.1) is 0 Å². The molecular weight excluding hydrogens is 472 g/mol. The number of nitrogens with zero attached hydrogens (tertiary/aromatic N) is 2. The van der Waals surface area contributed by atoms with E-state index in [2.05, 4.69) is 11.8 Å². The van der Waals surface area contributed by atoms with Crippen LogP contribution in [0, 0.1) is 0 Å². The van der Waals surface area contributed by atoms with E-state index in [0.717, 1.165) is 32.2 Å². The van der Waals surface area contributed by atoms with E-state index >= 15 is 0 Å². The molecule has 27 heavy (non-hydrogen) atoms. The summed E-state index contributed by atoms with van der Waals surface area (Å²) in [6.07, 6.45) is -2.46. The van der Waals surface area contributed by atoms with Crippen LogP contribution in [0.15, 0.2) is 0 Å². The van der Waals surface area contributed by atoms with Crippen LogP contribution in [0.25, 0.3) is 0 Å². The van der Waals surface area contributed by atoms with Gasteiger partial charge >= 0.3 is 166 Å². The fourth-order valence-corrected chi connectivity index (χ4v) is 8.94. The van der Waals surface area contributed by atoms with E-state index in [1.54, 1.807) is 4.90 Å². The van der Waals surface area contributed by atoms with Gasteiger partial charge in [-0.3, -0.25) is 0 Å². The summed E-state index contributed by atoms with van der Waals surface area (Å²) in [7, 11) is 0. The summed E-state index contributed by atoms with van der Waals surface area (Å²) in [6.45, 7) is 8.09. The molecule has 2 heterocycles. The van der Waals surface area contributed by atoms with Gasteiger partial charge in [-0.2, -0.15) is 0 Å². The Morgan fingerprint density at radius 3 is 1.81 bits per heavy atom. The predicted molar refractivity (Wildman–Crippen MR) is 97.2 cm³/mol. The Morgan fingerprint density at radius 1 is 0.852 bits per heavy atom. The third-order valence-electron chi connectivity index (χ3n) is 4.79. The normalized spacial score (nSPS) is 26.3. The van der Waals surface area contributed by atoms with Gasteiger partial charge < -0.3 is 0 Å². The molecule has 10 heteroatoms. The van der Waals surface area contributed by atoms with Gasteiger partial charge in [-0.1, -0.05) is 0 Å². The summed E-state index contributed by atoms with van der Waals surface area (Å²) < 4.78 is 63.6. The number of halogens is 3. The molecular formula is C17H33F3N2O4Sn. The molecule has 1 atom stereocenters. The van der Waals surface area contributed by atoms with Crippen LogP contribution in [0.2, 0.25) is 0 Å². The molecule has 2 rings (SSSR count). The van der Waals surface area contributed by atoms with Crippen LogP contribution in [0.5, 0.6) is 0 Å². The van der Waals surface area contributed by atoms with Gasteiger partial charge in [-0.15, -0.1) is 0 Å². The SMILES string of the molecule is CCCCN1CC[O][Sn]2([O]CC1)[O]CCN(CCCC)CC(C(F)(F)F)[O]2. The number of hydrogen-bond acceptors (Lipinski definition) is 6. The summed E-state index contributed by atoms with van der Waals surface area (Å²) in [5, 5.41) is 0. The summed E-state index contributed by atoms with van der Waals surface area (Å²) in [6, 6.07) is 0. The van der Waals surface area contributed by atoms with Crippen LogP contribution in [0.1, 0.15) is 39.5 Å². The van der Waals surface area contributed by atoms with Crippen LogP contribution >= 0.6 is 0 Å². The van der Waals surface area contributed by atoms with E-state index in [1.165, 1.54) is 0 Å². The monoisotopic (exact) mass is 506 g/mol. The first-order valence-corrected chi connectivity index (χ1v) is 14.7. The van der Waals surface area contributed by atoms with Gasteiger partial charge in [0.25, 0.3) is 0 Å². The van der Waals surface area contributed by atoms with Gasteiger partial charge in [0.2, 0.25) is 0 Å². The minimum atomic E-state index is -4.69. The second kappa shape index (κ2) is 11.5. The first-order chi connectivity index (χ1) is 12.9. The molecule has 1 spiro atoms. The quantitative estimate of drug-likeness (QED) is 0.518. The molecule has 2 aliphatic rings. The van der Waals surface area contributed by atoms with Crippen LogP contribution in [-0.4, -0.2) is 101 Å². The zero-order valence-corrected chi connectivity index (χ0v) is 19.3. The zero-order valence-electron chi connectivity index (χ0n) is 16.4. The molecule has 2 aliphatic heterocycles. The van der Waals surface area contributed by atoms with Crippen molar-refractivity contribution in [3.63, 3.8) is 0 Å². The van der Waals surface area contributed by atoms with Crippen molar-refractivity contribution >= 4 is 20.0 Å². The van der Waals surface area contributed by atoms with Crippen molar-refractivity contribution in [3.05, 3.63) is 0 Å². The van der Waals surface area contributed by atoms with Crippen LogP contribution in [-0.2, 0) is 12.3 Å². The van der Waals surface area contributed by atoms with Crippen LogP contribution in [0.4, 0.5) is 13.2 Å². The molecule has 1 unspecified atom stereocenters. The van der Waals surface area contributed by atoms with Crippen LogP contribution < -0.4 is 0 Å². The molecule has 160 valence electrons. The maximum absolute atomic E-state index is 13.6. The van der Waals surface area contributed by atoms with Crippen molar-refractivity contribution < 1.29 is 25.5 Å². The van der Waals surface area contributed by atoms with E-state index in [0.29, 0.717) is 26.2 Å². The Balaban J connectivity index is 2.01. The van der Waals surface area contributed by atoms with Crippen molar-refractivity contribution in [2.45, 2.75) is 51.8 Å². The number of alkyl halides is 3. The van der Waals surface area contributed by atoms with Gasteiger partial charge in [0.1, 0.15) is 0 Å². The minimum absolute atomic E-state index is 0.194. The van der Waals surface area contributed by atoms with Gasteiger partial charge in [-0.25, -0.2) is 0 Å². The van der Waals surface area contributed by atoms with E-state index in [9.17, 15) is 13.2 Å². The first kappa shape index (κ1) is 23.6. The Morgan fingerprint density at radius 2 is 1.33 bits per heavy atom. The topological polar surface area (TPSA) is 43.4 Å². The van der Waals surface area contributed by atoms with Crippen molar-refractivity contribution in [2.24, 2.45) is 0 Å². The number of hydrogen-bond donors (Lipinski definition) is 0. The Labute approximate surface area is 166 Å². The second-order valence-electron chi connectivity index (χ2n) is 7.04. The molecule has 2 saturated heterocycles. The van der Waals surface area contributed by atoms with E-state index in [-0.39, 0.29) is 26.4 Å². The van der Waals surface area contributed by atoms with Crippen LogP contribution in [0.3, 0.4) is 0 Å². The molecule has 0 radical (unpaired) electrons. The molecule has 0 aromatic rings. The first-order valence-electron chi connectivity index (χ1n) is 9.99. The Kier molecular flexibility index (Phi) is 10.1. The van der Waals surface area contributed by atoms with Crippen molar-refractivity contribution in [1.82, 2.24) is 9.80 Å². The molecule has 0 aromatic heterocycles. The predicted octanol–water partition coefficient (Wildman–Crippen LogP) is 2.65. The van der Waals surface area contributed by atoms with E-state index in [1.807, 2.05) is 6.92 Å². The summed E-state index contributed by atoms with van der Waals surface area (Å²) >= 11 is -4.69. The van der Waals surface area contributed by atoms with Gasteiger partial charge in [0.15, 0.2) is 0 Å². The fraction of sp³-hybridized carbons (Fsp3) is 1.00. The number of rotatable bonds is 6. The van der Waals surface area contributed by atoms with Crippen molar-refractivity contribution in [2.75, 3.05) is 59.1 Å². The third kappa shape index (κ3) is 7.94. The van der Waals surface area contributed by atoms with Gasteiger partial charge in [0, 0.05) is 0 Å². The average molecular weight is 505 g/mol. The summed E-state index contributed by atoms with van der Waals surface area (Å²) in [4.78, 5) is 3.97. The zero-order chi connectivity index (χ0) is 19.8. The average Bonchev–Trinajstić information content (AvgIpc) is 2.57. The van der Waals surface area contributed by atoms with E-state index in [4.69, 9.17) is 12.3 Å². The van der Waals surface area contributed by atoms with Gasteiger partial charge in [-0.05, 0) is 0 Å². The van der Waals surface area contributed by atoms with E-state index < -0.39 is 32.3 Å². The van der Waals surface area contributed by atoms with Crippen molar-refractivity contribution in [1.29, 1.82) is 0 Å². The molecule has 0 saturated carbocycles. The molecule has 0 N–H and O–H groups in total. The molecule has 6 nitrogen and oxygen atoms in total. The summed E-state index contributed by atoms with van der Waals surface area (Å²) in [5.74, 6) is 0. The maximum atomic E-state index is 13.6. The summed E-state index contributed by atoms with van der Waals surface area (Å²) in [5.41, 5.74) is 0. The molecule has 2 fully saturated rings. The van der Waals surface area contributed by atoms with Crippen molar-refractivity contribution in [3.8, 4) is 0 Å². The molecule has 0 aliphatic carbocycles. The Bertz CT molecular complexity index is 413. The molecule has 0 amide bonds. The second-order valence-corrected chi connectivity index (χ2v) is 13.0. The fourth-order valence-electron chi connectivity index (χ4n) is 3.14. The standard InChI is InChI=1S/C9H16F3NO2.C8H17NO2.Sn/c1-2-3-4-13(5-6-14)7-8(15)9(10,11)12;1-2-3-4-9(5-7-10)6-8-11;/h8H,2-7H2,1H3;2-8H2,1H3;/q2*-2;+4. The Hall–Kier alpha value is 0.349. The third-order valence-corrected chi connectivity index (χ3v) is 11.2. The molecule has 0 bridgehead atoms.